The number of esters is 1. The smallest absolute Gasteiger partial charge is 0.334 e. The standard InChI is InChI=1S/C15H20O3/c1-9-5-4-6-10(2)8-13-14(12(16)7-9)11(3)15(17)18-13/h6-7,12-14,16H,3-5,8H2,1-2H3/b9-7+,10-6+/t12-,13+,14-/m1/s1. The molecule has 0 aromatic carbocycles. The zero-order chi connectivity index (χ0) is 13.3. The number of carbonyl (C=O) groups is 1. The quantitative estimate of drug-likeness (QED) is 0.407. The van der Waals surface area contributed by atoms with Crippen molar-refractivity contribution in [2.45, 2.75) is 45.3 Å². The lowest BCUT2D eigenvalue weighted by Crippen LogP contribution is -2.28. The molecule has 0 spiro atoms. The van der Waals surface area contributed by atoms with Crippen LogP contribution in [0.4, 0.5) is 0 Å². The lowest BCUT2D eigenvalue weighted by atomic mass is 9.86. The molecule has 2 aliphatic rings. The number of allylic oxidation sites excluding steroid dienone is 2. The third-order valence-electron chi connectivity index (χ3n) is 3.70. The number of aliphatic hydroxyl groups is 1. The van der Waals surface area contributed by atoms with Crippen LogP contribution in [0, 0.1) is 5.92 Å². The molecule has 0 saturated carbocycles. The summed E-state index contributed by atoms with van der Waals surface area (Å²) in [5, 5.41) is 10.3. The van der Waals surface area contributed by atoms with Crippen LogP contribution in [0.2, 0.25) is 0 Å². The van der Waals surface area contributed by atoms with Gasteiger partial charge in [0.15, 0.2) is 0 Å². The first kappa shape index (κ1) is 13.1. The van der Waals surface area contributed by atoms with E-state index in [0.29, 0.717) is 12.0 Å². The normalized spacial score (nSPS) is 39.2. The number of carbonyl (C=O) groups excluding carboxylic acids is 1. The van der Waals surface area contributed by atoms with Crippen molar-refractivity contribution in [2.75, 3.05) is 0 Å². The van der Waals surface area contributed by atoms with Gasteiger partial charge < -0.3 is 9.84 Å². The van der Waals surface area contributed by atoms with Gasteiger partial charge in [-0.1, -0.05) is 29.9 Å². The van der Waals surface area contributed by atoms with Gasteiger partial charge in [0, 0.05) is 12.0 Å². The maximum atomic E-state index is 11.6. The van der Waals surface area contributed by atoms with Crippen LogP contribution in [0.1, 0.15) is 33.1 Å². The SMILES string of the molecule is C=C1C(=O)O[C@H]2C/C(C)=C/CC/C(C)=C/[C@@H](O)[C@@H]12. The monoisotopic (exact) mass is 248 g/mol. The molecule has 1 aliphatic carbocycles. The first-order valence-corrected chi connectivity index (χ1v) is 6.40. The molecule has 1 heterocycles. The second-order valence-electron chi connectivity index (χ2n) is 5.29. The van der Waals surface area contributed by atoms with Crippen molar-refractivity contribution in [1.29, 1.82) is 0 Å². The van der Waals surface area contributed by atoms with Gasteiger partial charge in [0.25, 0.3) is 0 Å². The van der Waals surface area contributed by atoms with Crippen molar-refractivity contribution in [3.8, 4) is 0 Å². The van der Waals surface area contributed by atoms with Gasteiger partial charge >= 0.3 is 5.97 Å². The maximum Gasteiger partial charge on any atom is 0.334 e. The maximum absolute atomic E-state index is 11.6. The molecule has 1 N–H and O–H groups in total. The summed E-state index contributed by atoms with van der Waals surface area (Å²) in [5.74, 6) is -0.684. The van der Waals surface area contributed by atoms with Gasteiger partial charge in [0.2, 0.25) is 0 Å². The highest BCUT2D eigenvalue weighted by atomic mass is 16.6. The Labute approximate surface area is 108 Å². The van der Waals surface area contributed by atoms with Crippen molar-refractivity contribution in [2.24, 2.45) is 5.92 Å². The molecule has 0 unspecified atom stereocenters. The van der Waals surface area contributed by atoms with Crippen molar-refractivity contribution in [3.05, 3.63) is 35.5 Å². The van der Waals surface area contributed by atoms with Crippen LogP contribution in [-0.2, 0) is 9.53 Å². The van der Waals surface area contributed by atoms with Gasteiger partial charge in [-0.25, -0.2) is 4.79 Å². The van der Waals surface area contributed by atoms with E-state index in [4.69, 9.17) is 4.74 Å². The Bertz CT molecular complexity index is 431. The number of hydrogen-bond donors (Lipinski definition) is 1. The number of hydrogen-bond acceptors (Lipinski definition) is 3. The summed E-state index contributed by atoms with van der Waals surface area (Å²) >= 11 is 0. The second-order valence-corrected chi connectivity index (χ2v) is 5.29. The van der Waals surface area contributed by atoms with Crippen LogP contribution in [0.25, 0.3) is 0 Å². The molecule has 98 valence electrons. The molecule has 18 heavy (non-hydrogen) atoms. The predicted octanol–water partition coefficient (Wildman–Crippen LogP) is 2.52. The zero-order valence-corrected chi connectivity index (χ0v) is 11.0. The van der Waals surface area contributed by atoms with Crippen molar-refractivity contribution < 1.29 is 14.6 Å². The molecule has 3 nitrogen and oxygen atoms in total. The van der Waals surface area contributed by atoms with E-state index in [1.54, 1.807) is 0 Å². The average Bonchev–Trinajstić information content (AvgIpc) is 2.53. The largest absolute Gasteiger partial charge is 0.458 e. The fourth-order valence-corrected chi connectivity index (χ4v) is 2.67. The van der Waals surface area contributed by atoms with Crippen LogP contribution >= 0.6 is 0 Å². The first-order chi connectivity index (χ1) is 8.49. The molecule has 2 rings (SSSR count). The van der Waals surface area contributed by atoms with Crippen LogP contribution in [0.5, 0.6) is 0 Å². The second kappa shape index (κ2) is 5.11. The number of ether oxygens (including phenoxy) is 1. The fourth-order valence-electron chi connectivity index (χ4n) is 2.67. The van der Waals surface area contributed by atoms with Crippen LogP contribution in [0.15, 0.2) is 35.5 Å². The first-order valence-electron chi connectivity index (χ1n) is 6.40. The van der Waals surface area contributed by atoms with Gasteiger partial charge in [-0.2, -0.15) is 0 Å². The minimum absolute atomic E-state index is 0.279. The number of fused-ring (bicyclic) bond motifs is 1. The highest BCUT2D eigenvalue weighted by molar-refractivity contribution is 5.91. The van der Waals surface area contributed by atoms with Crippen LogP contribution in [0.3, 0.4) is 0 Å². The Morgan fingerprint density at radius 3 is 2.83 bits per heavy atom. The van der Waals surface area contributed by atoms with Crippen LogP contribution < -0.4 is 0 Å². The van der Waals surface area contributed by atoms with E-state index < -0.39 is 6.10 Å². The molecule has 1 aliphatic heterocycles. The lowest BCUT2D eigenvalue weighted by molar-refractivity contribution is -0.139. The van der Waals surface area contributed by atoms with E-state index in [-0.39, 0.29) is 18.0 Å². The van der Waals surface area contributed by atoms with Gasteiger partial charge in [-0.3, -0.25) is 0 Å². The fraction of sp³-hybridized carbons (Fsp3) is 0.533. The Balaban J connectivity index is 2.32. The Morgan fingerprint density at radius 1 is 1.39 bits per heavy atom. The summed E-state index contributed by atoms with van der Waals surface area (Å²) in [6.45, 7) is 7.81. The summed E-state index contributed by atoms with van der Waals surface area (Å²) in [7, 11) is 0. The summed E-state index contributed by atoms with van der Waals surface area (Å²) in [4.78, 5) is 11.6. The lowest BCUT2D eigenvalue weighted by Gasteiger charge is -2.22. The minimum atomic E-state index is -0.681. The van der Waals surface area contributed by atoms with E-state index in [2.05, 4.69) is 12.7 Å². The van der Waals surface area contributed by atoms with Gasteiger partial charge in [-0.05, 0) is 26.7 Å². The van der Waals surface area contributed by atoms with Gasteiger partial charge in [0.05, 0.1) is 12.0 Å². The summed E-state index contributed by atoms with van der Waals surface area (Å²) in [6.07, 6.45) is 5.64. The van der Waals surface area contributed by atoms with Crippen molar-refractivity contribution in [1.82, 2.24) is 0 Å². The van der Waals surface area contributed by atoms with E-state index in [0.717, 1.165) is 18.4 Å². The molecule has 0 bridgehead atoms. The molecule has 3 heteroatoms. The highest BCUT2D eigenvalue weighted by Crippen LogP contribution is 2.34. The minimum Gasteiger partial charge on any atom is -0.458 e. The Hall–Kier alpha value is -1.35. The van der Waals surface area contributed by atoms with Crippen molar-refractivity contribution >= 4 is 5.97 Å². The molecule has 3 atom stereocenters. The average molecular weight is 248 g/mol. The van der Waals surface area contributed by atoms with E-state index in [9.17, 15) is 9.90 Å². The van der Waals surface area contributed by atoms with E-state index in [1.165, 1.54) is 5.57 Å². The molecule has 1 fully saturated rings. The molecule has 1 saturated heterocycles. The Kier molecular flexibility index (Phi) is 3.71. The van der Waals surface area contributed by atoms with Gasteiger partial charge in [-0.15, -0.1) is 0 Å². The number of aliphatic hydroxyl groups excluding tert-OH is 1. The summed E-state index contributed by atoms with van der Waals surface area (Å²) in [6, 6.07) is 0. The molecular formula is C15H20O3. The summed E-state index contributed by atoms with van der Waals surface area (Å²) < 4.78 is 5.32. The molecule has 0 radical (unpaired) electrons. The number of rotatable bonds is 0. The topological polar surface area (TPSA) is 46.5 Å². The molecule has 0 aromatic heterocycles. The Morgan fingerprint density at radius 2 is 2.11 bits per heavy atom. The van der Waals surface area contributed by atoms with E-state index in [1.807, 2.05) is 19.9 Å². The predicted molar refractivity (Wildman–Crippen MR) is 69.9 cm³/mol. The van der Waals surface area contributed by atoms with Crippen molar-refractivity contribution in [3.63, 3.8) is 0 Å². The van der Waals surface area contributed by atoms with Crippen LogP contribution in [-0.4, -0.2) is 23.3 Å². The van der Waals surface area contributed by atoms with E-state index >= 15 is 0 Å². The van der Waals surface area contributed by atoms with Gasteiger partial charge in [0.1, 0.15) is 6.10 Å². The third-order valence-corrected chi connectivity index (χ3v) is 3.70. The molecule has 0 amide bonds. The molecular weight excluding hydrogens is 228 g/mol. The summed E-state index contributed by atoms with van der Waals surface area (Å²) in [5.41, 5.74) is 2.73. The molecule has 0 aromatic rings. The zero-order valence-electron chi connectivity index (χ0n) is 11.0. The third kappa shape index (κ3) is 2.56. The highest BCUT2D eigenvalue weighted by Gasteiger charge is 2.42.